The first-order valence-corrected chi connectivity index (χ1v) is 17.9. The van der Waals surface area contributed by atoms with E-state index < -0.39 is 8.32 Å². The van der Waals surface area contributed by atoms with Crippen LogP contribution in [0.4, 0.5) is 5.95 Å². The van der Waals surface area contributed by atoms with Crippen LogP contribution in [0, 0.1) is 5.92 Å². The summed E-state index contributed by atoms with van der Waals surface area (Å²) in [5.74, 6) is 0.952. The summed E-state index contributed by atoms with van der Waals surface area (Å²) < 4.78 is 11.6. The van der Waals surface area contributed by atoms with Gasteiger partial charge in [-0.1, -0.05) is 51.1 Å². The number of carbonyl (C=O) groups excluding carboxylic acids is 1. The van der Waals surface area contributed by atoms with Crippen molar-refractivity contribution in [2.45, 2.75) is 71.5 Å². The van der Waals surface area contributed by atoms with Crippen molar-refractivity contribution in [2.75, 3.05) is 50.8 Å². The smallest absolute Gasteiger partial charge is 0.341 e. The predicted octanol–water partition coefficient (Wildman–Crippen LogP) is 6.22. The first kappa shape index (κ1) is 30.4. The highest BCUT2D eigenvalue weighted by molar-refractivity contribution is 6.74. The molecule has 0 N–H and O–H groups in total. The predicted molar refractivity (Wildman–Crippen MR) is 165 cm³/mol. The molecule has 2 aliphatic rings. The van der Waals surface area contributed by atoms with Gasteiger partial charge in [-0.25, -0.2) is 14.8 Å². The van der Waals surface area contributed by atoms with Crippen LogP contribution in [0.3, 0.4) is 0 Å². The van der Waals surface area contributed by atoms with Gasteiger partial charge in [0, 0.05) is 51.7 Å². The number of anilines is 1. The molecule has 1 aromatic heterocycles. The van der Waals surface area contributed by atoms with Crippen molar-refractivity contribution in [2.24, 2.45) is 5.92 Å². The molecule has 0 atom stereocenters. The number of fused-ring (bicyclic) bond motifs is 1. The molecule has 7 nitrogen and oxygen atoms in total. The molecule has 0 bridgehead atoms. The van der Waals surface area contributed by atoms with Gasteiger partial charge in [0.15, 0.2) is 8.32 Å². The summed E-state index contributed by atoms with van der Waals surface area (Å²) in [5.41, 5.74) is 4.78. The molecule has 8 heteroatoms. The van der Waals surface area contributed by atoms with Gasteiger partial charge in [0.1, 0.15) is 0 Å². The molecule has 2 heterocycles. The van der Waals surface area contributed by atoms with Crippen molar-refractivity contribution in [1.29, 1.82) is 0 Å². The van der Waals surface area contributed by atoms with Gasteiger partial charge < -0.3 is 19.0 Å². The maximum absolute atomic E-state index is 11.9. The van der Waals surface area contributed by atoms with E-state index in [2.05, 4.69) is 84.0 Å². The molecular formula is C32H48N4O3Si. The fourth-order valence-electron chi connectivity index (χ4n) is 5.30. The standard InChI is InChI=1S/C32H48N4O3Si/c1-7-38-30(37)28-22-33-31(34-23-28)36-18-14-25(15-19-36)24-35(20-21-39-40(5,6)32(2,3)4)17-16-27-13-12-26-10-8-9-11-29(26)27/h8-11,13,22-23,25H,7,12,14-21,24H2,1-6H3. The Balaban J connectivity index is 1.33. The van der Waals surface area contributed by atoms with Crippen LogP contribution in [-0.2, 0) is 15.6 Å². The number of hydrogen-bond donors (Lipinski definition) is 0. The number of esters is 1. The molecule has 1 fully saturated rings. The lowest BCUT2D eigenvalue weighted by Crippen LogP contribution is -2.44. The zero-order valence-corrected chi connectivity index (χ0v) is 26.4. The fraction of sp³-hybridized carbons (Fsp3) is 0.594. The quantitative estimate of drug-likeness (QED) is 0.224. The summed E-state index contributed by atoms with van der Waals surface area (Å²) in [6, 6.07) is 8.83. The van der Waals surface area contributed by atoms with E-state index in [4.69, 9.17) is 9.16 Å². The summed E-state index contributed by atoms with van der Waals surface area (Å²) >= 11 is 0. The van der Waals surface area contributed by atoms with Crippen molar-refractivity contribution in [1.82, 2.24) is 14.9 Å². The lowest BCUT2D eigenvalue weighted by Gasteiger charge is -2.38. The third-order valence-electron chi connectivity index (χ3n) is 8.87. The Bertz CT molecular complexity index is 1150. The van der Waals surface area contributed by atoms with Gasteiger partial charge in [0.2, 0.25) is 5.95 Å². The van der Waals surface area contributed by atoms with Crippen molar-refractivity contribution >= 4 is 25.8 Å². The second-order valence-electron chi connectivity index (χ2n) is 12.7. The molecule has 1 saturated heterocycles. The van der Waals surface area contributed by atoms with Crippen LogP contribution in [0.5, 0.6) is 0 Å². The van der Waals surface area contributed by atoms with E-state index in [0.717, 1.165) is 65.0 Å². The fourth-order valence-corrected chi connectivity index (χ4v) is 6.33. The highest BCUT2D eigenvalue weighted by atomic mass is 28.4. The average Bonchev–Trinajstić information content (AvgIpc) is 3.35. The van der Waals surface area contributed by atoms with Gasteiger partial charge in [-0.05, 0) is 73.4 Å². The van der Waals surface area contributed by atoms with Gasteiger partial charge in [-0.3, -0.25) is 0 Å². The van der Waals surface area contributed by atoms with Crippen molar-refractivity contribution in [3.63, 3.8) is 0 Å². The van der Waals surface area contributed by atoms with Crippen molar-refractivity contribution in [3.8, 4) is 0 Å². The minimum atomic E-state index is -1.77. The first-order chi connectivity index (χ1) is 19.1. The summed E-state index contributed by atoms with van der Waals surface area (Å²) in [7, 11) is -1.77. The largest absolute Gasteiger partial charge is 0.462 e. The highest BCUT2D eigenvalue weighted by Crippen LogP contribution is 2.36. The van der Waals surface area contributed by atoms with Gasteiger partial charge in [-0.2, -0.15) is 0 Å². The summed E-state index contributed by atoms with van der Waals surface area (Å²) in [5, 5.41) is 0.222. The Labute approximate surface area is 242 Å². The maximum atomic E-state index is 11.9. The van der Waals surface area contributed by atoms with E-state index >= 15 is 0 Å². The first-order valence-electron chi connectivity index (χ1n) is 14.9. The van der Waals surface area contributed by atoms with E-state index in [1.807, 2.05) is 0 Å². The van der Waals surface area contributed by atoms with Crippen LogP contribution in [0.2, 0.25) is 18.1 Å². The molecule has 0 saturated carbocycles. The van der Waals surface area contributed by atoms with Gasteiger partial charge in [0.05, 0.1) is 12.2 Å². The third kappa shape index (κ3) is 7.80. The molecule has 1 aliphatic heterocycles. The minimum absolute atomic E-state index is 0.222. The minimum Gasteiger partial charge on any atom is -0.462 e. The number of carbonyl (C=O) groups is 1. The summed E-state index contributed by atoms with van der Waals surface area (Å²) in [6.45, 7) is 19.5. The lowest BCUT2D eigenvalue weighted by molar-refractivity contribution is 0.0525. The molecule has 0 radical (unpaired) electrons. The SMILES string of the molecule is CCOC(=O)c1cnc(N2CCC(CN(CCO[Si](C)(C)C(C)(C)C)CCC3=CCc4ccccc43)CC2)nc1. The van der Waals surface area contributed by atoms with Crippen LogP contribution in [0.15, 0.2) is 42.7 Å². The van der Waals surface area contributed by atoms with Crippen molar-refractivity contribution in [3.05, 3.63) is 59.4 Å². The lowest BCUT2D eigenvalue weighted by atomic mass is 9.96. The molecule has 1 aliphatic carbocycles. The van der Waals surface area contributed by atoms with Crippen LogP contribution >= 0.6 is 0 Å². The molecule has 0 spiro atoms. The average molecular weight is 565 g/mol. The van der Waals surface area contributed by atoms with E-state index in [9.17, 15) is 4.79 Å². The van der Waals surface area contributed by atoms with Crippen LogP contribution in [-0.4, -0.2) is 75.1 Å². The Morgan fingerprint density at radius 2 is 1.80 bits per heavy atom. The molecule has 2 aromatic rings. The maximum Gasteiger partial charge on any atom is 0.341 e. The normalized spacial score (nSPS) is 16.3. The molecule has 40 heavy (non-hydrogen) atoms. The second-order valence-corrected chi connectivity index (χ2v) is 17.5. The summed E-state index contributed by atoms with van der Waals surface area (Å²) in [6.07, 6.45) is 9.92. The van der Waals surface area contributed by atoms with E-state index in [1.165, 1.54) is 16.7 Å². The van der Waals surface area contributed by atoms with Gasteiger partial charge in [-0.15, -0.1) is 0 Å². The van der Waals surface area contributed by atoms with Crippen LogP contribution in [0.1, 0.15) is 68.4 Å². The van der Waals surface area contributed by atoms with E-state index in [0.29, 0.717) is 24.0 Å². The topological polar surface area (TPSA) is 67.8 Å². The zero-order chi connectivity index (χ0) is 28.8. The van der Waals surface area contributed by atoms with E-state index in [-0.39, 0.29) is 11.0 Å². The Kier molecular flexibility index (Phi) is 10.2. The number of benzene rings is 1. The second kappa shape index (κ2) is 13.4. The van der Waals surface area contributed by atoms with Crippen LogP contribution in [0.25, 0.3) is 5.57 Å². The Morgan fingerprint density at radius 1 is 1.10 bits per heavy atom. The number of rotatable bonds is 12. The number of hydrogen-bond acceptors (Lipinski definition) is 7. The number of nitrogens with zero attached hydrogens (tertiary/aromatic N) is 4. The molecule has 1 aromatic carbocycles. The van der Waals surface area contributed by atoms with E-state index in [1.54, 1.807) is 19.3 Å². The summed E-state index contributed by atoms with van der Waals surface area (Å²) in [4.78, 5) is 25.7. The monoisotopic (exact) mass is 564 g/mol. The molecule has 0 unspecified atom stereocenters. The van der Waals surface area contributed by atoms with Crippen LogP contribution < -0.4 is 4.90 Å². The molecular weight excluding hydrogens is 516 g/mol. The molecule has 4 rings (SSSR count). The molecule has 0 amide bonds. The number of piperidine rings is 1. The van der Waals surface area contributed by atoms with Gasteiger partial charge >= 0.3 is 5.97 Å². The number of ether oxygens (including phenoxy) is 1. The Morgan fingerprint density at radius 3 is 2.48 bits per heavy atom. The zero-order valence-electron chi connectivity index (χ0n) is 25.4. The number of aromatic nitrogens is 2. The van der Waals surface area contributed by atoms with Gasteiger partial charge in [0.25, 0.3) is 0 Å². The molecule has 218 valence electrons. The third-order valence-corrected chi connectivity index (χ3v) is 13.4. The van der Waals surface area contributed by atoms with Crippen molar-refractivity contribution < 1.29 is 14.0 Å². The Hall–Kier alpha value is -2.55. The number of allylic oxidation sites excluding steroid dienone is 1. The highest BCUT2D eigenvalue weighted by Gasteiger charge is 2.37.